The Kier molecular flexibility index (Phi) is 4.66. The van der Waals surface area contributed by atoms with Crippen LogP contribution in [0.1, 0.15) is 27.3 Å². The molecule has 0 spiro atoms. The number of rotatable bonds is 5. The molecule has 0 aliphatic rings. The van der Waals surface area contributed by atoms with Gasteiger partial charge in [0.25, 0.3) is 5.91 Å². The van der Waals surface area contributed by atoms with Gasteiger partial charge in [-0.2, -0.15) is 5.10 Å². The lowest BCUT2D eigenvalue weighted by molar-refractivity contribution is -0.386. The molecule has 0 bridgehead atoms. The van der Waals surface area contributed by atoms with Crippen molar-refractivity contribution in [1.29, 1.82) is 0 Å². The van der Waals surface area contributed by atoms with Gasteiger partial charge in [0.2, 0.25) is 0 Å². The fourth-order valence-electron chi connectivity index (χ4n) is 3.35. The van der Waals surface area contributed by atoms with Crippen LogP contribution < -0.4 is 11.0 Å². The fraction of sp³-hybridized carbons (Fsp3) is 0.150. The number of nitro groups is 1. The number of amides is 1. The van der Waals surface area contributed by atoms with Crippen LogP contribution in [-0.2, 0) is 6.54 Å². The third-order valence-corrected chi connectivity index (χ3v) is 4.85. The van der Waals surface area contributed by atoms with Crippen LogP contribution in [0, 0.1) is 24.0 Å². The molecule has 0 radical (unpaired) electrons. The van der Waals surface area contributed by atoms with Crippen molar-refractivity contribution in [2.75, 3.05) is 5.32 Å². The average molecular weight is 406 g/mol. The van der Waals surface area contributed by atoms with Crippen molar-refractivity contribution >= 4 is 28.3 Å². The Morgan fingerprint density at radius 2 is 1.83 bits per heavy atom. The summed E-state index contributed by atoms with van der Waals surface area (Å²) in [6.07, 6.45) is 0. The van der Waals surface area contributed by atoms with Crippen LogP contribution in [0.3, 0.4) is 0 Å². The minimum Gasteiger partial charge on any atom is -0.322 e. The number of aromatic amines is 2. The molecule has 1 amide bonds. The predicted octanol–water partition coefficient (Wildman–Crippen LogP) is 2.88. The predicted molar refractivity (Wildman–Crippen MR) is 111 cm³/mol. The highest BCUT2D eigenvalue weighted by molar-refractivity contribution is 6.04. The van der Waals surface area contributed by atoms with Crippen molar-refractivity contribution in [3.8, 4) is 0 Å². The van der Waals surface area contributed by atoms with Crippen LogP contribution in [0.25, 0.3) is 11.0 Å². The van der Waals surface area contributed by atoms with Gasteiger partial charge in [-0.3, -0.25) is 19.6 Å². The number of hydrogen-bond donors (Lipinski definition) is 3. The number of hydrogen-bond acceptors (Lipinski definition) is 5. The molecule has 0 saturated carbocycles. The van der Waals surface area contributed by atoms with Gasteiger partial charge in [0.1, 0.15) is 11.4 Å². The molecule has 0 saturated heterocycles. The zero-order valence-corrected chi connectivity index (χ0v) is 16.2. The Morgan fingerprint density at radius 3 is 2.50 bits per heavy atom. The first-order chi connectivity index (χ1) is 14.3. The van der Waals surface area contributed by atoms with Crippen LogP contribution in [0.4, 0.5) is 11.4 Å². The number of benzene rings is 2. The monoisotopic (exact) mass is 406 g/mol. The number of nitrogens with one attached hydrogen (secondary N) is 3. The second-order valence-electron chi connectivity index (χ2n) is 6.92. The minimum absolute atomic E-state index is 0.0201. The second-order valence-corrected chi connectivity index (χ2v) is 6.92. The van der Waals surface area contributed by atoms with Gasteiger partial charge in [-0.05, 0) is 49.7 Å². The summed E-state index contributed by atoms with van der Waals surface area (Å²) < 4.78 is 1.58. The van der Waals surface area contributed by atoms with Gasteiger partial charge in [0.05, 0.1) is 22.5 Å². The van der Waals surface area contributed by atoms with Gasteiger partial charge in [-0.25, -0.2) is 4.79 Å². The topological polar surface area (TPSA) is 139 Å². The molecule has 4 rings (SSSR count). The van der Waals surface area contributed by atoms with Crippen molar-refractivity contribution in [2.45, 2.75) is 20.4 Å². The summed E-state index contributed by atoms with van der Waals surface area (Å²) in [4.78, 5) is 39.9. The summed E-state index contributed by atoms with van der Waals surface area (Å²) in [5, 5.41) is 18.2. The lowest BCUT2D eigenvalue weighted by Gasteiger charge is -2.07. The molecule has 0 aliphatic heterocycles. The Morgan fingerprint density at radius 1 is 1.13 bits per heavy atom. The first-order valence-corrected chi connectivity index (χ1v) is 9.12. The van der Waals surface area contributed by atoms with Gasteiger partial charge in [0.15, 0.2) is 0 Å². The number of fused-ring (bicyclic) bond motifs is 1. The molecule has 152 valence electrons. The smallest absolute Gasteiger partial charge is 0.322 e. The molecule has 0 fully saturated rings. The van der Waals surface area contributed by atoms with E-state index in [1.54, 1.807) is 61.0 Å². The summed E-state index contributed by atoms with van der Waals surface area (Å²) in [5.74, 6) is -0.291. The lowest BCUT2D eigenvalue weighted by Crippen LogP contribution is -2.12. The molecule has 10 nitrogen and oxygen atoms in total. The number of anilines is 1. The maximum atomic E-state index is 12.5. The van der Waals surface area contributed by atoms with Gasteiger partial charge in [-0.15, -0.1) is 0 Å². The average Bonchev–Trinajstić information content (AvgIpc) is 3.19. The summed E-state index contributed by atoms with van der Waals surface area (Å²) in [6, 6.07) is 12.0. The Hall–Kier alpha value is -4.21. The molecular formula is C20H18N6O4. The third kappa shape index (κ3) is 3.58. The summed E-state index contributed by atoms with van der Waals surface area (Å²) >= 11 is 0. The Bertz CT molecular complexity index is 1330. The lowest BCUT2D eigenvalue weighted by atomic mass is 10.1. The molecule has 2 heterocycles. The third-order valence-electron chi connectivity index (χ3n) is 4.85. The van der Waals surface area contributed by atoms with Crippen molar-refractivity contribution < 1.29 is 9.72 Å². The van der Waals surface area contributed by atoms with Crippen molar-refractivity contribution in [2.24, 2.45) is 0 Å². The largest absolute Gasteiger partial charge is 0.323 e. The number of aryl methyl sites for hydroxylation is 1. The Labute approximate surface area is 169 Å². The number of imidazole rings is 1. The van der Waals surface area contributed by atoms with E-state index in [1.165, 1.54) is 0 Å². The maximum absolute atomic E-state index is 12.5. The second kappa shape index (κ2) is 7.32. The zero-order chi connectivity index (χ0) is 21.4. The van der Waals surface area contributed by atoms with Crippen LogP contribution in [0.5, 0.6) is 0 Å². The summed E-state index contributed by atoms with van der Waals surface area (Å²) in [7, 11) is 0. The van der Waals surface area contributed by atoms with E-state index in [9.17, 15) is 19.7 Å². The first-order valence-electron chi connectivity index (χ1n) is 9.12. The van der Waals surface area contributed by atoms with Crippen molar-refractivity contribution in [3.63, 3.8) is 0 Å². The van der Waals surface area contributed by atoms with Crippen molar-refractivity contribution in [1.82, 2.24) is 19.7 Å². The molecule has 0 unspecified atom stereocenters. The minimum atomic E-state index is -0.429. The highest BCUT2D eigenvalue weighted by atomic mass is 16.6. The zero-order valence-electron chi connectivity index (χ0n) is 16.2. The highest BCUT2D eigenvalue weighted by Crippen LogP contribution is 2.22. The number of carbonyl (C=O) groups excluding carboxylic acids is 1. The number of aromatic nitrogens is 4. The number of carbonyl (C=O) groups is 1. The van der Waals surface area contributed by atoms with E-state index in [-0.39, 0.29) is 17.3 Å². The molecule has 4 aromatic rings. The van der Waals surface area contributed by atoms with Crippen LogP contribution in [0.2, 0.25) is 0 Å². The molecular weight excluding hydrogens is 388 g/mol. The van der Waals surface area contributed by atoms with Crippen LogP contribution >= 0.6 is 0 Å². The van der Waals surface area contributed by atoms with E-state index in [2.05, 4.69) is 20.4 Å². The van der Waals surface area contributed by atoms with Crippen LogP contribution in [-0.4, -0.2) is 30.6 Å². The van der Waals surface area contributed by atoms with Crippen LogP contribution in [0.15, 0.2) is 47.3 Å². The van der Waals surface area contributed by atoms with Gasteiger partial charge < -0.3 is 15.3 Å². The number of H-pyrrole nitrogens is 2. The molecule has 30 heavy (non-hydrogen) atoms. The number of nitrogens with zero attached hydrogens (tertiary/aromatic N) is 3. The quantitative estimate of drug-likeness (QED) is 0.345. The van der Waals surface area contributed by atoms with E-state index in [0.717, 1.165) is 5.56 Å². The van der Waals surface area contributed by atoms with E-state index in [4.69, 9.17) is 0 Å². The van der Waals surface area contributed by atoms with E-state index in [0.29, 0.717) is 40.2 Å². The highest BCUT2D eigenvalue weighted by Gasteiger charge is 2.21. The standard InChI is InChI=1S/C20H18N6O4/c1-11-18(26(29)30)12(2)25(24-11)10-13-3-5-14(6-4-13)19(27)21-15-7-8-16-17(9-15)23-20(28)22-16/h3-9H,10H2,1-2H3,(H,21,27)(H2,22,23,28). The van der Waals surface area contributed by atoms with Crippen molar-refractivity contribution in [3.05, 3.63) is 85.6 Å². The molecule has 10 heteroatoms. The summed E-state index contributed by atoms with van der Waals surface area (Å²) in [5.41, 5.74) is 3.70. The van der Waals surface area contributed by atoms with E-state index < -0.39 is 4.92 Å². The van der Waals surface area contributed by atoms with E-state index in [1.807, 2.05) is 0 Å². The Balaban J connectivity index is 1.48. The maximum Gasteiger partial charge on any atom is 0.323 e. The van der Waals surface area contributed by atoms with Gasteiger partial charge >= 0.3 is 11.4 Å². The first kappa shape index (κ1) is 19.1. The van der Waals surface area contributed by atoms with Gasteiger partial charge in [0, 0.05) is 11.3 Å². The fourth-order valence-corrected chi connectivity index (χ4v) is 3.35. The molecule has 0 aliphatic carbocycles. The molecule has 2 aromatic carbocycles. The summed E-state index contributed by atoms with van der Waals surface area (Å²) in [6.45, 7) is 3.63. The molecule has 3 N–H and O–H groups in total. The SMILES string of the molecule is Cc1nn(Cc2ccc(C(=O)Nc3ccc4[nH]c(=O)[nH]c4c3)cc2)c(C)c1[N+](=O)[O-]. The van der Waals surface area contributed by atoms with E-state index >= 15 is 0 Å². The molecule has 0 atom stereocenters. The normalized spacial score (nSPS) is 11.0. The molecule has 2 aromatic heterocycles. The van der Waals surface area contributed by atoms with Gasteiger partial charge in [-0.1, -0.05) is 12.1 Å².